The van der Waals surface area contributed by atoms with Gasteiger partial charge >= 0.3 is 0 Å². The number of aromatic nitrogens is 3. The molecular weight excluding hydrogens is 280 g/mol. The second-order valence-electron chi connectivity index (χ2n) is 4.77. The molecule has 0 unspecified atom stereocenters. The zero-order valence-electron chi connectivity index (χ0n) is 13.2. The van der Waals surface area contributed by atoms with Crippen LogP contribution in [-0.4, -0.2) is 41.4 Å². The highest BCUT2D eigenvalue weighted by Crippen LogP contribution is 2.17. The number of ether oxygens (including phenoxy) is 1. The summed E-state index contributed by atoms with van der Waals surface area (Å²) in [6.07, 6.45) is 2.53. The average Bonchev–Trinajstić information content (AvgIpc) is 2.96. The zero-order valence-corrected chi connectivity index (χ0v) is 13.2. The molecule has 0 saturated carbocycles. The first-order chi connectivity index (χ1) is 10.7. The first-order valence-electron chi connectivity index (χ1n) is 7.14. The fourth-order valence-corrected chi connectivity index (χ4v) is 2.08. The summed E-state index contributed by atoms with van der Waals surface area (Å²) in [5.41, 5.74) is 1.17. The minimum atomic E-state index is 0.574. The molecule has 0 aliphatic carbocycles. The van der Waals surface area contributed by atoms with Gasteiger partial charge in [0.1, 0.15) is 12.1 Å². The van der Waals surface area contributed by atoms with Crippen LogP contribution in [0.15, 0.2) is 35.6 Å². The van der Waals surface area contributed by atoms with Crippen LogP contribution in [0.5, 0.6) is 5.75 Å². The molecular formula is C15H22N6O. The van der Waals surface area contributed by atoms with Crippen LogP contribution in [0.1, 0.15) is 11.4 Å². The molecule has 0 radical (unpaired) electrons. The van der Waals surface area contributed by atoms with Crippen LogP contribution in [0.4, 0.5) is 0 Å². The van der Waals surface area contributed by atoms with Crippen molar-refractivity contribution in [2.75, 3.05) is 20.7 Å². The van der Waals surface area contributed by atoms with Gasteiger partial charge < -0.3 is 19.9 Å². The summed E-state index contributed by atoms with van der Waals surface area (Å²) < 4.78 is 7.22. The SMILES string of the molecule is CN=C(NCCc1ccccc1OC)NCc1nncn1C. The number of para-hydroxylation sites is 1. The molecule has 0 aliphatic heterocycles. The van der Waals surface area contributed by atoms with Crippen LogP contribution < -0.4 is 15.4 Å². The quantitative estimate of drug-likeness (QED) is 0.608. The number of aryl methyl sites for hydroxylation is 1. The molecule has 1 aromatic carbocycles. The lowest BCUT2D eigenvalue weighted by atomic mass is 10.1. The van der Waals surface area contributed by atoms with Gasteiger partial charge in [0.15, 0.2) is 11.8 Å². The lowest BCUT2D eigenvalue weighted by molar-refractivity contribution is 0.409. The Morgan fingerprint density at radius 2 is 2.14 bits per heavy atom. The van der Waals surface area contributed by atoms with Gasteiger partial charge in [-0.3, -0.25) is 4.99 Å². The third kappa shape index (κ3) is 4.21. The van der Waals surface area contributed by atoms with E-state index in [0.29, 0.717) is 6.54 Å². The molecule has 118 valence electrons. The molecule has 0 spiro atoms. The summed E-state index contributed by atoms with van der Waals surface area (Å²) in [5, 5.41) is 14.4. The third-order valence-electron chi connectivity index (χ3n) is 3.32. The van der Waals surface area contributed by atoms with Crippen molar-refractivity contribution in [1.29, 1.82) is 0 Å². The molecule has 0 aliphatic rings. The predicted molar refractivity (Wildman–Crippen MR) is 85.9 cm³/mol. The first kappa shape index (κ1) is 15.8. The molecule has 0 saturated heterocycles. The second kappa shape index (κ2) is 8.02. The van der Waals surface area contributed by atoms with Crippen LogP contribution in [0.2, 0.25) is 0 Å². The number of rotatable bonds is 6. The van der Waals surface area contributed by atoms with Crippen LogP contribution in [0, 0.1) is 0 Å². The number of benzene rings is 1. The fourth-order valence-electron chi connectivity index (χ4n) is 2.08. The maximum atomic E-state index is 5.35. The summed E-state index contributed by atoms with van der Waals surface area (Å²) in [5.74, 6) is 2.50. The Balaban J connectivity index is 1.80. The van der Waals surface area contributed by atoms with Gasteiger partial charge in [0, 0.05) is 20.6 Å². The zero-order chi connectivity index (χ0) is 15.8. The maximum Gasteiger partial charge on any atom is 0.191 e. The van der Waals surface area contributed by atoms with E-state index in [1.807, 2.05) is 29.8 Å². The lowest BCUT2D eigenvalue weighted by Crippen LogP contribution is -2.38. The van der Waals surface area contributed by atoms with E-state index in [1.54, 1.807) is 20.5 Å². The Morgan fingerprint density at radius 1 is 1.32 bits per heavy atom. The highest BCUT2D eigenvalue weighted by molar-refractivity contribution is 5.79. The minimum absolute atomic E-state index is 0.574. The Labute approximate surface area is 130 Å². The van der Waals surface area contributed by atoms with Gasteiger partial charge in [-0.05, 0) is 18.1 Å². The molecule has 7 heteroatoms. The van der Waals surface area contributed by atoms with Crippen molar-refractivity contribution in [3.63, 3.8) is 0 Å². The number of hydrogen-bond donors (Lipinski definition) is 2. The van der Waals surface area contributed by atoms with Gasteiger partial charge in [0.2, 0.25) is 0 Å². The molecule has 1 heterocycles. The standard InChI is InChI=1S/C15H22N6O/c1-16-15(18-10-14-20-19-11-21(14)2)17-9-8-12-6-4-5-7-13(12)22-3/h4-7,11H,8-10H2,1-3H3,(H2,16,17,18). The van der Waals surface area contributed by atoms with E-state index in [2.05, 4.69) is 31.9 Å². The van der Waals surface area contributed by atoms with Crippen LogP contribution in [0.25, 0.3) is 0 Å². The highest BCUT2D eigenvalue weighted by atomic mass is 16.5. The average molecular weight is 302 g/mol. The lowest BCUT2D eigenvalue weighted by Gasteiger charge is -2.12. The maximum absolute atomic E-state index is 5.35. The number of nitrogens with zero attached hydrogens (tertiary/aromatic N) is 4. The number of hydrogen-bond acceptors (Lipinski definition) is 4. The Morgan fingerprint density at radius 3 is 2.82 bits per heavy atom. The number of guanidine groups is 1. The number of nitrogens with one attached hydrogen (secondary N) is 2. The molecule has 1 aromatic heterocycles. The Bertz CT molecular complexity index is 622. The van der Waals surface area contributed by atoms with Gasteiger partial charge in [-0.2, -0.15) is 0 Å². The summed E-state index contributed by atoms with van der Waals surface area (Å²) >= 11 is 0. The van der Waals surface area contributed by atoms with Crippen LogP contribution in [0.3, 0.4) is 0 Å². The number of aliphatic imine (C=N–C) groups is 1. The normalized spacial score (nSPS) is 11.3. The van der Waals surface area contributed by atoms with E-state index in [-0.39, 0.29) is 0 Å². The monoisotopic (exact) mass is 302 g/mol. The van der Waals surface area contributed by atoms with Crippen LogP contribution in [-0.2, 0) is 20.0 Å². The fraction of sp³-hybridized carbons (Fsp3) is 0.400. The molecule has 0 atom stereocenters. The van der Waals surface area contributed by atoms with E-state index >= 15 is 0 Å². The van der Waals surface area contributed by atoms with E-state index in [0.717, 1.165) is 30.5 Å². The minimum Gasteiger partial charge on any atom is -0.496 e. The van der Waals surface area contributed by atoms with Gasteiger partial charge in [-0.1, -0.05) is 18.2 Å². The van der Waals surface area contributed by atoms with Crippen molar-refractivity contribution in [1.82, 2.24) is 25.4 Å². The molecule has 22 heavy (non-hydrogen) atoms. The van der Waals surface area contributed by atoms with Gasteiger partial charge in [-0.25, -0.2) is 0 Å². The number of methoxy groups -OCH3 is 1. The van der Waals surface area contributed by atoms with E-state index in [9.17, 15) is 0 Å². The first-order valence-corrected chi connectivity index (χ1v) is 7.14. The molecule has 0 fully saturated rings. The summed E-state index contributed by atoms with van der Waals surface area (Å²) in [4.78, 5) is 4.20. The van der Waals surface area contributed by atoms with Gasteiger partial charge in [0.05, 0.1) is 13.7 Å². The predicted octanol–water partition coefficient (Wildman–Crippen LogP) is 0.731. The van der Waals surface area contributed by atoms with Crippen molar-refractivity contribution >= 4 is 5.96 Å². The largest absolute Gasteiger partial charge is 0.496 e. The Kier molecular flexibility index (Phi) is 5.76. The molecule has 0 bridgehead atoms. The molecule has 2 aromatic rings. The summed E-state index contributed by atoms with van der Waals surface area (Å²) in [6, 6.07) is 8.02. The smallest absolute Gasteiger partial charge is 0.191 e. The van der Waals surface area contributed by atoms with Crippen molar-refractivity contribution in [3.05, 3.63) is 42.0 Å². The topological polar surface area (TPSA) is 76.4 Å². The van der Waals surface area contributed by atoms with Gasteiger partial charge in [-0.15, -0.1) is 10.2 Å². The van der Waals surface area contributed by atoms with Crippen molar-refractivity contribution < 1.29 is 4.74 Å². The molecule has 2 N–H and O–H groups in total. The van der Waals surface area contributed by atoms with Crippen molar-refractivity contribution in [2.24, 2.45) is 12.0 Å². The van der Waals surface area contributed by atoms with E-state index in [4.69, 9.17) is 4.74 Å². The highest BCUT2D eigenvalue weighted by Gasteiger charge is 2.04. The van der Waals surface area contributed by atoms with E-state index in [1.165, 1.54) is 5.56 Å². The van der Waals surface area contributed by atoms with E-state index < -0.39 is 0 Å². The molecule has 7 nitrogen and oxygen atoms in total. The Hall–Kier alpha value is -2.57. The third-order valence-corrected chi connectivity index (χ3v) is 3.32. The van der Waals surface area contributed by atoms with Gasteiger partial charge in [0.25, 0.3) is 0 Å². The van der Waals surface area contributed by atoms with Crippen LogP contribution >= 0.6 is 0 Å². The summed E-state index contributed by atoms with van der Waals surface area (Å²) in [6.45, 7) is 1.34. The van der Waals surface area contributed by atoms with Crippen molar-refractivity contribution in [3.8, 4) is 5.75 Å². The second-order valence-corrected chi connectivity index (χ2v) is 4.77. The van der Waals surface area contributed by atoms with Crippen molar-refractivity contribution in [2.45, 2.75) is 13.0 Å². The molecule has 2 rings (SSSR count). The molecule has 0 amide bonds. The summed E-state index contributed by atoms with van der Waals surface area (Å²) in [7, 11) is 5.34.